The third kappa shape index (κ3) is 5.19. The highest BCUT2D eigenvalue weighted by Crippen LogP contribution is 2.18. The van der Waals surface area contributed by atoms with Crippen molar-refractivity contribution in [3.8, 4) is 0 Å². The molecule has 3 rings (SSSR count). The zero-order valence-electron chi connectivity index (χ0n) is 15.7. The van der Waals surface area contributed by atoms with Crippen molar-refractivity contribution in [3.05, 3.63) is 64.4 Å². The van der Waals surface area contributed by atoms with Gasteiger partial charge in [0, 0.05) is 29.5 Å². The van der Waals surface area contributed by atoms with Crippen LogP contribution in [0, 0.1) is 0 Å². The van der Waals surface area contributed by atoms with Crippen molar-refractivity contribution in [1.82, 2.24) is 14.9 Å². The van der Waals surface area contributed by atoms with Gasteiger partial charge in [0.05, 0.1) is 11.0 Å². The zero-order valence-corrected chi connectivity index (χ0v) is 17.3. The Hall–Kier alpha value is -2.14. The summed E-state index contributed by atoms with van der Waals surface area (Å²) in [5.74, 6) is 1.16. The van der Waals surface area contributed by atoms with Crippen molar-refractivity contribution in [2.45, 2.75) is 45.6 Å². The lowest BCUT2D eigenvalue weighted by molar-refractivity contribution is 0.0953. The maximum atomic E-state index is 12.1. The van der Waals surface area contributed by atoms with E-state index in [9.17, 15) is 4.79 Å². The summed E-state index contributed by atoms with van der Waals surface area (Å²) in [5.41, 5.74) is 3.01. The number of rotatable bonds is 9. The molecule has 2 aromatic carbocycles. The molecule has 3 aromatic rings. The molecule has 142 valence electrons. The molecule has 0 bridgehead atoms. The van der Waals surface area contributed by atoms with E-state index in [4.69, 9.17) is 4.98 Å². The minimum absolute atomic E-state index is 0.0129. The predicted octanol–water partition coefficient (Wildman–Crippen LogP) is 5.35. The molecule has 0 aliphatic heterocycles. The predicted molar refractivity (Wildman–Crippen MR) is 114 cm³/mol. The van der Waals surface area contributed by atoms with Crippen LogP contribution in [-0.4, -0.2) is 22.0 Å². The number of fused-ring (bicyclic) bond motifs is 1. The largest absolute Gasteiger partial charge is 0.352 e. The van der Waals surface area contributed by atoms with Crippen LogP contribution in [-0.2, 0) is 13.0 Å². The van der Waals surface area contributed by atoms with Crippen LogP contribution in [0.3, 0.4) is 0 Å². The molecule has 4 nitrogen and oxygen atoms in total. The van der Waals surface area contributed by atoms with E-state index in [1.54, 1.807) is 0 Å². The van der Waals surface area contributed by atoms with Crippen molar-refractivity contribution >= 4 is 32.9 Å². The molecule has 1 amide bonds. The highest BCUT2D eigenvalue weighted by atomic mass is 79.9. The molecule has 0 unspecified atom stereocenters. The van der Waals surface area contributed by atoms with Crippen molar-refractivity contribution in [2.75, 3.05) is 6.54 Å². The molecule has 0 radical (unpaired) electrons. The number of para-hydroxylation sites is 2. The van der Waals surface area contributed by atoms with Gasteiger partial charge in [-0.3, -0.25) is 4.79 Å². The summed E-state index contributed by atoms with van der Waals surface area (Å²) >= 11 is 3.40. The van der Waals surface area contributed by atoms with Crippen LogP contribution in [0.4, 0.5) is 0 Å². The van der Waals surface area contributed by atoms with Crippen LogP contribution < -0.4 is 5.32 Å². The first-order chi connectivity index (χ1) is 13.2. The van der Waals surface area contributed by atoms with Crippen LogP contribution >= 0.6 is 15.9 Å². The number of nitrogens with zero attached hydrogens (tertiary/aromatic N) is 2. The van der Waals surface area contributed by atoms with Gasteiger partial charge in [-0.05, 0) is 49.6 Å². The number of halogens is 1. The second-order valence-corrected chi connectivity index (χ2v) is 7.66. The van der Waals surface area contributed by atoms with E-state index in [0.717, 1.165) is 48.6 Å². The Balaban J connectivity index is 1.45. The van der Waals surface area contributed by atoms with Crippen LogP contribution in [0.1, 0.15) is 48.8 Å². The summed E-state index contributed by atoms with van der Waals surface area (Å²) in [6, 6.07) is 15.8. The second kappa shape index (κ2) is 9.70. The maximum Gasteiger partial charge on any atom is 0.251 e. The van der Waals surface area contributed by atoms with Gasteiger partial charge >= 0.3 is 0 Å². The number of imidazole rings is 1. The quantitative estimate of drug-likeness (QED) is 0.467. The summed E-state index contributed by atoms with van der Waals surface area (Å²) in [6.07, 6.45) is 5.23. The van der Waals surface area contributed by atoms with Gasteiger partial charge in [-0.25, -0.2) is 4.98 Å². The van der Waals surface area contributed by atoms with Crippen molar-refractivity contribution in [1.29, 1.82) is 0 Å². The summed E-state index contributed by atoms with van der Waals surface area (Å²) in [7, 11) is 0. The van der Waals surface area contributed by atoms with Gasteiger partial charge in [-0.15, -0.1) is 0 Å². The molecule has 0 aliphatic rings. The van der Waals surface area contributed by atoms with Gasteiger partial charge in [0.2, 0.25) is 0 Å². The lowest BCUT2D eigenvalue weighted by Gasteiger charge is -2.08. The van der Waals surface area contributed by atoms with Gasteiger partial charge in [0.25, 0.3) is 5.91 Å². The number of aromatic nitrogens is 2. The minimum atomic E-state index is -0.0129. The summed E-state index contributed by atoms with van der Waals surface area (Å²) < 4.78 is 3.27. The number of carbonyl (C=O) groups is 1. The molecule has 5 heteroatoms. The number of carbonyl (C=O) groups excluding carboxylic acids is 1. The van der Waals surface area contributed by atoms with Gasteiger partial charge in [-0.1, -0.05) is 47.5 Å². The molecule has 0 spiro atoms. The molecule has 0 fully saturated rings. The molecule has 1 N–H and O–H groups in total. The lowest BCUT2D eigenvalue weighted by Crippen LogP contribution is -2.24. The SMILES string of the molecule is CCCn1c(CCCCCNC(=O)c2cccc(Br)c2)nc2ccccc21. The number of hydrogen-bond acceptors (Lipinski definition) is 2. The number of amides is 1. The van der Waals surface area contributed by atoms with Crippen LogP contribution in [0.5, 0.6) is 0 Å². The fourth-order valence-corrected chi connectivity index (χ4v) is 3.71. The van der Waals surface area contributed by atoms with Gasteiger partial charge in [-0.2, -0.15) is 0 Å². The summed E-state index contributed by atoms with van der Waals surface area (Å²) in [4.78, 5) is 16.9. The monoisotopic (exact) mass is 427 g/mol. The average molecular weight is 428 g/mol. The van der Waals surface area contributed by atoms with Gasteiger partial charge < -0.3 is 9.88 Å². The van der Waals surface area contributed by atoms with Crippen molar-refractivity contribution in [3.63, 3.8) is 0 Å². The molecular weight excluding hydrogens is 402 g/mol. The van der Waals surface area contributed by atoms with Crippen molar-refractivity contribution in [2.24, 2.45) is 0 Å². The lowest BCUT2D eigenvalue weighted by atomic mass is 10.1. The van der Waals surface area contributed by atoms with Crippen LogP contribution in [0.25, 0.3) is 11.0 Å². The standard InChI is InChI=1S/C22H26BrN3O/c1-2-15-26-20-12-6-5-11-19(20)25-21(26)13-4-3-7-14-24-22(27)17-9-8-10-18(23)16-17/h5-6,8-12,16H,2-4,7,13-15H2,1H3,(H,24,27). The number of benzene rings is 2. The highest BCUT2D eigenvalue weighted by molar-refractivity contribution is 9.10. The molecule has 0 atom stereocenters. The first-order valence-electron chi connectivity index (χ1n) is 9.67. The summed E-state index contributed by atoms with van der Waals surface area (Å²) in [5, 5.41) is 3.00. The normalized spacial score (nSPS) is 11.0. The number of unbranched alkanes of at least 4 members (excludes halogenated alkanes) is 2. The Kier molecular flexibility index (Phi) is 7.04. The van der Waals surface area contributed by atoms with E-state index in [2.05, 4.69) is 50.9 Å². The fraction of sp³-hybridized carbons (Fsp3) is 0.364. The molecule has 0 aliphatic carbocycles. The topological polar surface area (TPSA) is 46.9 Å². The molecular formula is C22H26BrN3O. The van der Waals surface area contributed by atoms with Crippen LogP contribution in [0.15, 0.2) is 53.0 Å². The highest BCUT2D eigenvalue weighted by Gasteiger charge is 2.09. The first kappa shape index (κ1) is 19.6. The maximum absolute atomic E-state index is 12.1. The molecule has 0 saturated carbocycles. The van der Waals surface area contributed by atoms with E-state index in [1.165, 1.54) is 11.3 Å². The minimum Gasteiger partial charge on any atom is -0.352 e. The third-order valence-corrected chi connectivity index (χ3v) is 5.12. The molecule has 27 heavy (non-hydrogen) atoms. The van der Waals surface area contributed by atoms with E-state index in [1.807, 2.05) is 30.3 Å². The molecule has 1 heterocycles. The first-order valence-corrected chi connectivity index (χ1v) is 10.5. The van der Waals surface area contributed by atoms with E-state index in [-0.39, 0.29) is 5.91 Å². The Morgan fingerprint density at radius 1 is 1.11 bits per heavy atom. The van der Waals surface area contributed by atoms with Crippen molar-refractivity contribution < 1.29 is 4.79 Å². The Bertz CT molecular complexity index is 903. The average Bonchev–Trinajstić information content (AvgIpc) is 3.02. The third-order valence-electron chi connectivity index (χ3n) is 4.63. The molecule has 1 aromatic heterocycles. The van der Waals surface area contributed by atoms with Crippen LogP contribution in [0.2, 0.25) is 0 Å². The van der Waals surface area contributed by atoms with E-state index < -0.39 is 0 Å². The Morgan fingerprint density at radius 2 is 1.96 bits per heavy atom. The number of aryl methyl sites for hydroxylation is 2. The van der Waals surface area contributed by atoms with E-state index >= 15 is 0 Å². The zero-order chi connectivity index (χ0) is 19.1. The van der Waals surface area contributed by atoms with E-state index in [0.29, 0.717) is 12.1 Å². The Morgan fingerprint density at radius 3 is 2.78 bits per heavy atom. The van der Waals surface area contributed by atoms with Gasteiger partial charge in [0.1, 0.15) is 5.82 Å². The summed E-state index contributed by atoms with van der Waals surface area (Å²) in [6.45, 7) is 3.92. The smallest absolute Gasteiger partial charge is 0.251 e. The number of hydrogen-bond donors (Lipinski definition) is 1. The fourth-order valence-electron chi connectivity index (χ4n) is 3.31. The number of nitrogens with one attached hydrogen (secondary N) is 1. The van der Waals surface area contributed by atoms with Gasteiger partial charge in [0.15, 0.2) is 0 Å². The Labute approximate surface area is 169 Å². The second-order valence-electron chi connectivity index (χ2n) is 6.75. The molecule has 0 saturated heterocycles.